The molecular weight excluding hydrogens is 534 g/mol. The van der Waals surface area contributed by atoms with Gasteiger partial charge in [0.1, 0.15) is 11.5 Å². The quantitative estimate of drug-likeness (QED) is 0.187. The molecule has 0 saturated carbocycles. The van der Waals surface area contributed by atoms with E-state index in [0.29, 0.717) is 41.8 Å². The van der Waals surface area contributed by atoms with Gasteiger partial charge in [0, 0.05) is 23.8 Å². The van der Waals surface area contributed by atoms with Gasteiger partial charge in [-0.25, -0.2) is 14.2 Å². The van der Waals surface area contributed by atoms with E-state index in [4.69, 9.17) is 22.1 Å². The van der Waals surface area contributed by atoms with E-state index in [1.807, 2.05) is 31.2 Å². The van der Waals surface area contributed by atoms with Crippen LogP contribution >= 0.6 is 11.6 Å². The molecule has 0 spiro atoms. The first-order valence-corrected chi connectivity index (χ1v) is 12.9. The van der Waals surface area contributed by atoms with Gasteiger partial charge in [-0.05, 0) is 74.4 Å². The molecule has 11 heteroatoms. The molecule has 0 atom stereocenters. The molecule has 3 aromatic rings. The lowest BCUT2D eigenvalue weighted by Gasteiger charge is -2.15. The van der Waals surface area contributed by atoms with Crippen molar-refractivity contribution in [2.75, 3.05) is 18.5 Å². The number of rotatable bonds is 12. The molecule has 0 radical (unpaired) electrons. The minimum Gasteiger partial charge on any atom is -0.468 e. The summed E-state index contributed by atoms with van der Waals surface area (Å²) in [5.74, 6) is 1.18. The predicted molar refractivity (Wildman–Crippen MR) is 158 cm³/mol. The Bertz CT molecular complexity index is 1440. The van der Waals surface area contributed by atoms with Crippen molar-refractivity contribution in [2.45, 2.75) is 33.9 Å². The van der Waals surface area contributed by atoms with Crippen molar-refractivity contribution in [1.82, 2.24) is 14.1 Å². The van der Waals surface area contributed by atoms with Crippen LogP contribution in [0.15, 0.2) is 94.3 Å². The van der Waals surface area contributed by atoms with Gasteiger partial charge in [0.2, 0.25) is 5.95 Å². The summed E-state index contributed by atoms with van der Waals surface area (Å²) in [6.07, 6.45) is 5.52. The van der Waals surface area contributed by atoms with E-state index in [1.165, 1.54) is 4.57 Å². The van der Waals surface area contributed by atoms with Crippen molar-refractivity contribution in [1.29, 1.82) is 0 Å². The van der Waals surface area contributed by atoms with Crippen LogP contribution in [0.4, 0.5) is 11.6 Å². The summed E-state index contributed by atoms with van der Waals surface area (Å²) >= 11 is 5.98. The van der Waals surface area contributed by atoms with Crippen LogP contribution in [0.5, 0.6) is 5.75 Å². The molecule has 0 aliphatic heterocycles. The van der Waals surface area contributed by atoms with Crippen LogP contribution in [0.25, 0.3) is 0 Å². The fraction of sp³-hybridized carbons (Fsp3) is 0.241. The molecule has 3 N–H and O–H groups in total. The average Bonchev–Trinajstić information content (AvgIpc) is 2.94. The molecule has 0 saturated heterocycles. The summed E-state index contributed by atoms with van der Waals surface area (Å²) in [6.45, 7) is 11.1. The molecule has 0 unspecified atom stereocenters. The van der Waals surface area contributed by atoms with Crippen molar-refractivity contribution < 1.29 is 14.3 Å². The number of aromatic nitrogens is 3. The van der Waals surface area contributed by atoms with Crippen molar-refractivity contribution in [3.05, 3.63) is 116 Å². The fourth-order valence-electron chi connectivity index (χ4n) is 3.28. The Morgan fingerprint density at radius 1 is 1.07 bits per heavy atom. The number of carbonyl (C=O) groups is 1. The Labute approximate surface area is 238 Å². The third-order valence-electron chi connectivity index (χ3n) is 5.40. The molecule has 40 heavy (non-hydrogen) atoms. The first-order chi connectivity index (χ1) is 19.3. The molecule has 1 heterocycles. The lowest BCUT2D eigenvalue weighted by molar-refractivity contribution is -0.128. The van der Waals surface area contributed by atoms with Crippen molar-refractivity contribution in [2.24, 2.45) is 5.73 Å². The molecule has 10 nitrogen and oxygen atoms in total. The van der Waals surface area contributed by atoms with Gasteiger partial charge < -0.3 is 20.5 Å². The zero-order valence-electron chi connectivity index (χ0n) is 22.8. The third-order valence-corrected chi connectivity index (χ3v) is 5.66. The van der Waals surface area contributed by atoms with Crippen LogP contribution in [-0.2, 0) is 22.6 Å². The minimum atomic E-state index is -0.617. The zero-order valence-corrected chi connectivity index (χ0v) is 23.6. The largest absolute Gasteiger partial charge is 0.468 e. The number of halogens is 1. The molecule has 0 bridgehead atoms. The summed E-state index contributed by atoms with van der Waals surface area (Å²) in [5.41, 5.74) is 7.02. The smallest absolute Gasteiger partial charge is 0.354 e. The van der Waals surface area contributed by atoms with E-state index in [-0.39, 0.29) is 19.0 Å². The molecule has 0 amide bonds. The standard InChI is InChI=1S/C26H28ClN5O3.C3H6O2/c1-4-19(16-28)7-6-18(3)35-23-14-12-22(13-15-23)29-24-30-25(33)31(5-2)26(34)32(24)17-20-8-10-21(27)11-9-20;1-2-5-3-4/h4,6-15H,3,5,16-17,28H2,1-2H3,(H,29,30,33);3H,2H2,1H3/b7-6-,19-4+;. The van der Waals surface area contributed by atoms with Gasteiger partial charge in [-0.1, -0.05) is 42.5 Å². The molecule has 212 valence electrons. The summed E-state index contributed by atoms with van der Waals surface area (Å²) < 4.78 is 12.4. The first kappa shape index (κ1) is 31.8. The molecular formula is C29H34ClN5O5. The van der Waals surface area contributed by atoms with E-state index in [0.717, 1.165) is 15.7 Å². The number of carbonyl (C=O) groups excluding carboxylic acids is 1. The van der Waals surface area contributed by atoms with Gasteiger partial charge >= 0.3 is 11.4 Å². The molecule has 0 aliphatic rings. The van der Waals surface area contributed by atoms with Crippen molar-refractivity contribution >= 4 is 29.7 Å². The van der Waals surface area contributed by atoms with Gasteiger partial charge in [-0.15, -0.1) is 0 Å². The summed E-state index contributed by atoms with van der Waals surface area (Å²) in [6, 6.07) is 14.1. The lowest BCUT2D eigenvalue weighted by atomic mass is 10.2. The Balaban J connectivity index is 0.00000103. The second-order valence-electron chi connectivity index (χ2n) is 8.13. The molecule has 0 fully saturated rings. The number of anilines is 2. The Kier molecular flexibility index (Phi) is 13.1. The normalized spacial score (nSPS) is 11.0. The highest BCUT2D eigenvalue weighted by molar-refractivity contribution is 6.30. The maximum Gasteiger partial charge on any atom is 0.354 e. The monoisotopic (exact) mass is 567 g/mol. The number of ether oxygens (including phenoxy) is 2. The zero-order chi connectivity index (χ0) is 29.5. The number of nitrogens with two attached hydrogens (primary N) is 1. The van der Waals surface area contributed by atoms with E-state index < -0.39 is 11.4 Å². The van der Waals surface area contributed by atoms with Crippen LogP contribution < -0.4 is 27.2 Å². The summed E-state index contributed by atoms with van der Waals surface area (Å²) in [5, 5.41) is 3.67. The van der Waals surface area contributed by atoms with Crippen LogP contribution in [-0.4, -0.2) is 33.7 Å². The average molecular weight is 568 g/mol. The van der Waals surface area contributed by atoms with Crippen molar-refractivity contribution in [3.63, 3.8) is 0 Å². The second kappa shape index (κ2) is 16.5. The fourth-order valence-corrected chi connectivity index (χ4v) is 3.41. The van der Waals surface area contributed by atoms with Crippen LogP contribution in [0.3, 0.4) is 0 Å². The number of nitrogens with one attached hydrogen (secondary N) is 1. The Hall–Kier alpha value is -4.41. The summed E-state index contributed by atoms with van der Waals surface area (Å²) in [7, 11) is 0. The van der Waals surface area contributed by atoms with Crippen molar-refractivity contribution in [3.8, 4) is 5.75 Å². The third kappa shape index (κ3) is 9.72. The van der Waals surface area contributed by atoms with E-state index >= 15 is 0 Å². The second-order valence-corrected chi connectivity index (χ2v) is 8.56. The van der Waals surface area contributed by atoms with E-state index in [2.05, 4.69) is 21.6 Å². The minimum absolute atomic E-state index is 0.140. The van der Waals surface area contributed by atoms with Gasteiger partial charge in [0.15, 0.2) is 0 Å². The molecule has 1 aromatic heterocycles. The number of hydrogen-bond donors (Lipinski definition) is 2. The highest BCUT2D eigenvalue weighted by Gasteiger charge is 2.13. The highest BCUT2D eigenvalue weighted by atomic mass is 35.5. The van der Waals surface area contributed by atoms with Gasteiger partial charge in [0.25, 0.3) is 6.47 Å². The van der Waals surface area contributed by atoms with Gasteiger partial charge in [-0.3, -0.25) is 9.36 Å². The number of benzene rings is 2. The van der Waals surface area contributed by atoms with Gasteiger partial charge in [-0.2, -0.15) is 4.98 Å². The predicted octanol–water partition coefficient (Wildman–Crippen LogP) is 4.40. The summed E-state index contributed by atoms with van der Waals surface area (Å²) in [4.78, 5) is 38.7. The molecule has 2 aromatic carbocycles. The van der Waals surface area contributed by atoms with Gasteiger partial charge in [0.05, 0.1) is 13.2 Å². The van der Waals surface area contributed by atoms with Crippen LogP contribution in [0, 0.1) is 0 Å². The lowest BCUT2D eigenvalue weighted by Crippen LogP contribution is -2.42. The number of hydrogen-bond acceptors (Lipinski definition) is 8. The van der Waals surface area contributed by atoms with E-state index in [1.54, 1.807) is 56.3 Å². The molecule has 0 aliphatic carbocycles. The number of allylic oxidation sites excluding steroid dienone is 2. The first-order valence-electron chi connectivity index (χ1n) is 12.5. The van der Waals surface area contributed by atoms with Crippen LogP contribution in [0.1, 0.15) is 26.3 Å². The Morgan fingerprint density at radius 3 is 2.27 bits per heavy atom. The topological polar surface area (TPSA) is 130 Å². The van der Waals surface area contributed by atoms with E-state index in [9.17, 15) is 14.4 Å². The Morgan fingerprint density at radius 2 is 1.75 bits per heavy atom. The number of nitrogens with zero attached hydrogens (tertiary/aromatic N) is 3. The maximum atomic E-state index is 13.0. The maximum absolute atomic E-state index is 13.0. The molecule has 3 rings (SSSR count). The SMILES string of the molecule is C=C(/C=C\C(=C/C)CN)Oc1ccc(Nc2nc(=O)n(CC)c(=O)n2Cc2ccc(Cl)cc2)cc1.CCOC=O. The van der Waals surface area contributed by atoms with Crippen LogP contribution in [0.2, 0.25) is 5.02 Å². The highest BCUT2D eigenvalue weighted by Crippen LogP contribution is 2.21.